The van der Waals surface area contributed by atoms with Gasteiger partial charge in [-0.3, -0.25) is 14.4 Å². The molecule has 0 aromatic heterocycles. The number of ketones is 1. The molecule has 3 saturated carbocycles. The van der Waals surface area contributed by atoms with Crippen LogP contribution in [0, 0.1) is 23.7 Å². The van der Waals surface area contributed by atoms with Gasteiger partial charge in [-0.15, -0.1) is 0 Å². The van der Waals surface area contributed by atoms with Crippen LogP contribution in [0.2, 0.25) is 0 Å². The first-order valence-electron chi connectivity index (χ1n) is 10.4. The second-order valence-corrected chi connectivity index (χ2v) is 8.92. The zero-order valence-corrected chi connectivity index (χ0v) is 17.2. The molecule has 3 aliphatic carbocycles. The molecule has 5 atom stereocenters. The second kappa shape index (κ2) is 8.79. The van der Waals surface area contributed by atoms with Crippen LogP contribution in [0.25, 0.3) is 0 Å². The molecule has 0 aromatic rings. The predicted octanol–water partition coefficient (Wildman–Crippen LogP) is 2.25. The van der Waals surface area contributed by atoms with Crippen LogP contribution >= 0.6 is 0 Å². The molecule has 0 aromatic carbocycles. The molecule has 3 rings (SSSR count). The van der Waals surface area contributed by atoms with Crippen molar-refractivity contribution in [3.05, 3.63) is 0 Å². The smallest absolute Gasteiger partial charge is 0.437 e. The molecule has 7 nitrogen and oxygen atoms in total. The minimum absolute atomic E-state index is 0.162. The highest BCUT2D eigenvalue weighted by Crippen LogP contribution is 2.59. The average molecular weight is 487 g/mol. The molecule has 186 valence electrons. The summed E-state index contributed by atoms with van der Waals surface area (Å²) in [5, 5.41) is 10.5. The Kier molecular flexibility index (Phi) is 6.73. The van der Waals surface area contributed by atoms with E-state index >= 15 is 0 Å². The summed E-state index contributed by atoms with van der Waals surface area (Å²) in [5.41, 5.74) is -5.39. The van der Waals surface area contributed by atoms with E-state index in [4.69, 9.17) is 4.74 Å². The van der Waals surface area contributed by atoms with E-state index < -0.39 is 67.0 Å². The number of halogens is 6. The van der Waals surface area contributed by atoms with Crippen LogP contribution in [0.1, 0.15) is 51.4 Å². The summed E-state index contributed by atoms with van der Waals surface area (Å²) < 4.78 is 87.3. The van der Waals surface area contributed by atoms with Gasteiger partial charge in [-0.05, 0) is 49.4 Å². The quantitative estimate of drug-likeness (QED) is 0.294. The Balaban J connectivity index is 1.56. The maximum atomic E-state index is 13.1. The number of hydrogen-bond acceptors (Lipinski definition) is 7. The van der Waals surface area contributed by atoms with Crippen molar-refractivity contribution in [2.45, 2.75) is 75.4 Å². The number of fused-ring (bicyclic) bond motifs is 5. The molecule has 0 amide bonds. The van der Waals surface area contributed by atoms with Gasteiger partial charge >= 0.3 is 29.9 Å². The number of carboxylic acids is 1. The van der Waals surface area contributed by atoms with Gasteiger partial charge in [0.2, 0.25) is 0 Å². The molecule has 2 bridgehead atoms. The van der Waals surface area contributed by atoms with Crippen molar-refractivity contribution in [3.63, 3.8) is 0 Å². The first-order chi connectivity index (χ1) is 15.1. The third kappa shape index (κ3) is 4.96. The number of rotatable bonds is 8. The lowest BCUT2D eigenvalue weighted by Crippen LogP contribution is -2.62. The van der Waals surface area contributed by atoms with Crippen LogP contribution in [0.15, 0.2) is 0 Å². The summed E-state index contributed by atoms with van der Waals surface area (Å²) in [6, 6.07) is 0. The van der Waals surface area contributed by atoms with E-state index in [2.05, 4.69) is 4.74 Å². The molecule has 0 saturated heterocycles. The van der Waals surface area contributed by atoms with Gasteiger partial charge in [-0.25, -0.2) is 0 Å². The van der Waals surface area contributed by atoms with Gasteiger partial charge in [0.15, 0.2) is 5.78 Å². The Hall–Kier alpha value is -2.34. The fraction of sp³-hybridized carbons (Fsp3) is 0.800. The molecular formula is C20H21F6O7-. The number of esters is 2. The summed E-state index contributed by atoms with van der Waals surface area (Å²) in [6.07, 6.45) is -13.7. The lowest BCUT2D eigenvalue weighted by atomic mass is 9.80. The van der Waals surface area contributed by atoms with E-state index in [-0.39, 0.29) is 5.92 Å². The fourth-order valence-corrected chi connectivity index (χ4v) is 5.68. The molecule has 5 unspecified atom stereocenters. The molecule has 0 N–H and O–H groups in total. The van der Waals surface area contributed by atoms with Crippen molar-refractivity contribution in [1.82, 2.24) is 0 Å². The summed E-state index contributed by atoms with van der Waals surface area (Å²) in [7, 11) is 0. The molecule has 0 spiro atoms. The number of carbonyl (C=O) groups is 4. The van der Waals surface area contributed by atoms with Gasteiger partial charge < -0.3 is 19.4 Å². The number of alkyl halides is 6. The molecule has 3 fully saturated rings. The largest absolute Gasteiger partial charge is 0.550 e. The fourth-order valence-electron chi connectivity index (χ4n) is 5.68. The minimum atomic E-state index is -6.36. The van der Waals surface area contributed by atoms with Gasteiger partial charge in [0, 0.05) is 12.4 Å². The van der Waals surface area contributed by atoms with Gasteiger partial charge in [-0.2, -0.15) is 26.3 Å². The van der Waals surface area contributed by atoms with E-state index in [0.29, 0.717) is 24.2 Å². The van der Waals surface area contributed by atoms with Crippen molar-refractivity contribution in [2.24, 2.45) is 23.7 Å². The molecular weight excluding hydrogens is 466 g/mol. The van der Waals surface area contributed by atoms with Crippen LogP contribution < -0.4 is 5.11 Å². The van der Waals surface area contributed by atoms with Gasteiger partial charge in [0.25, 0.3) is 0 Å². The maximum Gasteiger partial charge on any atom is 0.437 e. The Morgan fingerprint density at radius 3 is 1.97 bits per heavy atom. The van der Waals surface area contributed by atoms with Crippen molar-refractivity contribution < 1.29 is 60.1 Å². The van der Waals surface area contributed by atoms with Gasteiger partial charge in [0.1, 0.15) is 18.9 Å². The van der Waals surface area contributed by atoms with Crippen molar-refractivity contribution >= 4 is 23.7 Å². The Bertz CT molecular complexity index is 807. The first-order valence-corrected chi connectivity index (χ1v) is 10.4. The zero-order chi connectivity index (χ0) is 24.8. The molecule has 13 heteroatoms. The van der Waals surface area contributed by atoms with Gasteiger partial charge in [-0.1, -0.05) is 6.42 Å². The highest BCUT2D eigenvalue weighted by molar-refractivity contribution is 6.03. The molecule has 0 aliphatic heterocycles. The Labute approximate surface area is 183 Å². The summed E-state index contributed by atoms with van der Waals surface area (Å²) in [6.45, 7) is 0. The first kappa shape index (κ1) is 25.3. The number of Topliss-reactive ketones (excluding diaryl/α,β-unsaturated/α-hetero) is 1. The monoisotopic (exact) mass is 487 g/mol. The topological polar surface area (TPSA) is 110 Å². The lowest BCUT2D eigenvalue weighted by Gasteiger charge is -2.36. The SMILES string of the molecule is O=C([O-])CC(OC(=O)CC(=O)CC(=O)OC1CC2CC1C1CCCC21)(C(F)(F)F)C(F)(F)F. The Morgan fingerprint density at radius 1 is 0.818 bits per heavy atom. The van der Waals surface area contributed by atoms with E-state index in [0.717, 1.165) is 25.7 Å². The number of carbonyl (C=O) groups excluding carboxylic acids is 4. The minimum Gasteiger partial charge on any atom is -0.550 e. The van der Waals surface area contributed by atoms with Crippen molar-refractivity contribution in [1.29, 1.82) is 0 Å². The van der Waals surface area contributed by atoms with E-state index in [1.165, 1.54) is 0 Å². The van der Waals surface area contributed by atoms with Crippen LogP contribution in [0.4, 0.5) is 26.3 Å². The number of aliphatic carboxylic acids is 1. The predicted molar refractivity (Wildman–Crippen MR) is 91.7 cm³/mol. The lowest BCUT2D eigenvalue weighted by molar-refractivity contribution is -0.380. The van der Waals surface area contributed by atoms with Crippen LogP contribution in [0.5, 0.6) is 0 Å². The van der Waals surface area contributed by atoms with Crippen LogP contribution in [-0.2, 0) is 28.7 Å². The maximum absolute atomic E-state index is 13.1. The van der Waals surface area contributed by atoms with E-state index in [1.807, 2.05) is 0 Å². The molecule has 0 radical (unpaired) electrons. The molecule has 3 aliphatic rings. The third-order valence-electron chi connectivity index (χ3n) is 6.93. The van der Waals surface area contributed by atoms with Crippen LogP contribution in [-0.4, -0.2) is 47.7 Å². The average Bonchev–Trinajstić information content (AvgIpc) is 3.31. The van der Waals surface area contributed by atoms with Crippen LogP contribution in [0.3, 0.4) is 0 Å². The van der Waals surface area contributed by atoms with E-state index in [1.54, 1.807) is 0 Å². The zero-order valence-electron chi connectivity index (χ0n) is 17.2. The highest BCUT2D eigenvalue weighted by Gasteiger charge is 2.74. The summed E-state index contributed by atoms with van der Waals surface area (Å²) in [4.78, 5) is 46.2. The van der Waals surface area contributed by atoms with Crippen molar-refractivity contribution in [2.75, 3.05) is 0 Å². The number of hydrogen-bond donors (Lipinski definition) is 0. The molecule has 33 heavy (non-hydrogen) atoms. The Morgan fingerprint density at radius 2 is 1.39 bits per heavy atom. The highest BCUT2D eigenvalue weighted by atomic mass is 19.4. The summed E-state index contributed by atoms with van der Waals surface area (Å²) >= 11 is 0. The number of carboxylic acid groups (broad SMARTS) is 1. The van der Waals surface area contributed by atoms with Gasteiger partial charge in [0.05, 0.1) is 0 Å². The molecule has 0 heterocycles. The van der Waals surface area contributed by atoms with E-state index in [9.17, 15) is 50.6 Å². The standard InChI is InChI=1S/C20H22F6O7/c21-19(22,23)18(8-15(28)29,20(24,25)26)33-17(31)7-10(27)6-16(30)32-14-5-9-4-13(14)12-3-1-2-11(9)12/h9,11-14H,1-8H2,(H,28,29)/p-1. The van der Waals surface area contributed by atoms with Crippen molar-refractivity contribution in [3.8, 4) is 0 Å². The number of ether oxygens (including phenoxy) is 2. The third-order valence-corrected chi connectivity index (χ3v) is 6.93. The normalized spacial score (nSPS) is 29.0. The summed E-state index contributed by atoms with van der Waals surface area (Å²) in [5.74, 6) is -5.78. The second-order valence-electron chi connectivity index (χ2n) is 8.92.